The third-order valence-electron chi connectivity index (χ3n) is 3.77. The van der Waals surface area contributed by atoms with Crippen molar-refractivity contribution in [2.45, 2.75) is 12.8 Å². The van der Waals surface area contributed by atoms with Crippen LogP contribution >= 0.6 is 0 Å². The molecule has 3 aromatic rings. The van der Waals surface area contributed by atoms with Crippen LogP contribution in [0.15, 0.2) is 54.7 Å². The summed E-state index contributed by atoms with van der Waals surface area (Å²) in [5, 5.41) is 1.04. The van der Waals surface area contributed by atoms with Crippen LogP contribution in [-0.2, 0) is 14.3 Å². The van der Waals surface area contributed by atoms with E-state index in [2.05, 4.69) is 16.0 Å². The maximum atomic E-state index is 13.1. The highest BCUT2D eigenvalue weighted by Gasteiger charge is 2.04. The third kappa shape index (κ3) is 4.72. The molecule has 0 bridgehead atoms. The molecule has 0 saturated heterocycles. The van der Waals surface area contributed by atoms with Crippen LogP contribution in [0.2, 0.25) is 0 Å². The van der Waals surface area contributed by atoms with Crippen LogP contribution in [0.4, 0.5) is 4.39 Å². The monoisotopic (exact) mass is 371 g/mol. The van der Waals surface area contributed by atoms with Gasteiger partial charge in [-0.15, -0.1) is 0 Å². The van der Waals surface area contributed by atoms with Crippen molar-refractivity contribution in [2.75, 3.05) is 12.9 Å². The van der Waals surface area contributed by atoms with E-state index in [1.165, 1.54) is 12.1 Å². The summed E-state index contributed by atoms with van der Waals surface area (Å²) in [7, 11) is -3.38. The second-order valence-electron chi connectivity index (χ2n) is 5.87. The molecule has 0 saturated carbocycles. The molecule has 4 nitrogen and oxygen atoms in total. The molecular weight excluding hydrogens is 353 g/mol. The highest BCUT2D eigenvalue weighted by Crippen LogP contribution is 2.21. The van der Waals surface area contributed by atoms with E-state index in [4.69, 9.17) is 0 Å². The Kier molecular flexibility index (Phi) is 5.40. The van der Waals surface area contributed by atoms with Gasteiger partial charge in [0.1, 0.15) is 5.82 Å². The Balaban J connectivity index is 1.69. The lowest BCUT2D eigenvalue weighted by atomic mass is 10.1. The normalized spacial score (nSPS) is 11.3. The zero-order valence-electron chi connectivity index (χ0n) is 14.3. The molecule has 0 unspecified atom stereocenters. The van der Waals surface area contributed by atoms with Gasteiger partial charge in [0.2, 0.25) is 0 Å². The zero-order chi connectivity index (χ0) is 18.6. The van der Waals surface area contributed by atoms with E-state index in [0.29, 0.717) is 12.8 Å². The first-order valence-corrected chi connectivity index (χ1v) is 9.94. The summed E-state index contributed by atoms with van der Waals surface area (Å²) in [6, 6.07) is 14.3. The number of unbranched alkanes of at least 4 members (excludes halogenated alkanes) is 1. The van der Waals surface area contributed by atoms with Crippen LogP contribution in [0.3, 0.4) is 0 Å². The predicted octanol–water partition coefficient (Wildman–Crippen LogP) is 3.88. The summed E-state index contributed by atoms with van der Waals surface area (Å²) < 4.78 is 41.5. The lowest BCUT2D eigenvalue weighted by Crippen LogP contribution is -2.03. The second kappa shape index (κ2) is 7.73. The Hall–Kier alpha value is -2.62. The molecule has 134 valence electrons. The maximum absolute atomic E-state index is 13.1. The van der Waals surface area contributed by atoms with Gasteiger partial charge in [0.15, 0.2) is 0 Å². The van der Waals surface area contributed by atoms with Crippen molar-refractivity contribution < 1.29 is 17.0 Å². The Morgan fingerprint density at radius 2 is 1.88 bits per heavy atom. The van der Waals surface area contributed by atoms with Gasteiger partial charge in [0.25, 0.3) is 10.1 Å². The number of benzene rings is 2. The molecule has 0 aliphatic rings. The zero-order valence-corrected chi connectivity index (χ0v) is 15.1. The number of hydrogen-bond acceptors (Lipinski definition) is 3. The minimum absolute atomic E-state index is 0.146. The topological polar surface area (TPSA) is 48.3 Å². The standard InChI is InChI=1S/C20H18FNO3S/c1-26(23,24)25-14-4-2-3-5-16-6-11-20-17(15-16)12-13-22(20)19-9-7-18(21)8-10-19/h6-13,15H,2,4,14H2,1H3. The first-order valence-electron chi connectivity index (χ1n) is 8.13. The molecule has 6 heteroatoms. The second-order valence-corrected chi connectivity index (χ2v) is 7.51. The van der Waals surface area contributed by atoms with Crippen LogP contribution in [0, 0.1) is 17.7 Å². The van der Waals surface area contributed by atoms with Crippen LogP contribution in [-0.4, -0.2) is 25.8 Å². The van der Waals surface area contributed by atoms with Crippen LogP contribution in [0.5, 0.6) is 0 Å². The first-order chi connectivity index (χ1) is 12.4. The van der Waals surface area contributed by atoms with Gasteiger partial charge in [-0.3, -0.25) is 4.18 Å². The van der Waals surface area contributed by atoms with E-state index in [-0.39, 0.29) is 12.4 Å². The minimum atomic E-state index is -3.38. The largest absolute Gasteiger partial charge is 0.317 e. The number of nitrogens with zero attached hydrogens (tertiary/aromatic N) is 1. The summed E-state index contributed by atoms with van der Waals surface area (Å²) in [4.78, 5) is 0. The number of rotatable bonds is 5. The summed E-state index contributed by atoms with van der Waals surface area (Å²) in [5.74, 6) is 5.84. The molecule has 0 radical (unpaired) electrons. The molecule has 0 spiro atoms. The molecule has 3 rings (SSSR count). The molecule has 0 fully saturated rings. The van der Waals surface area contributed by atoms with Gasteiger partial charge in [-0.05, 0) is 55.0 Å². The van der Waals surface area contributed by atoms with Gasteiger partial charge in [-0.1, -0.05) is 11.8 Å². The van der Waals surface area contributed by atoms with E-state index in [9.17, 15) is 12.8 Å². The van der Waals surface area contributed by atoms with Gasteiger partial charge in [-0.2, -0.15) is 8.42 Å². The van der Waals surface area contributed by atoms with Crippen LogP contribution < -0.4 is 0 Å². The fourth-order valence-corrected chi connectivity index (χ4v) is 3.00. The van der Waals surface area contributed by atoms with Gasteiger partial charge in [-0.25, -0.2) is 4.39 Å². The van der Waals surface area contributed by atoms with Gasteiger partial charge >= 0.3 is 0 Å². The number of hydrogen-bond donors (Lipinski definition) is 0. The maximum Gasteiger partial charge on any atom is 0.264 e. The third-order valence-corrected chi connectivity index (χ3v) is 4.37. The number of fused-ring (bicyclic) bond motifs is 1. The SMILES string of the molecule is CS(=O)(=O)OCCCC#Cc1ccc2c(ccn2-c2ccc(F)cc2)c1. The Labute approximate surface area is 152 Å². The quantitative estimate of drug-likeness (QED) is 0.389. The molecule has 2 aromatic carbocycles. The summed E-state index contributed by atoms with van der Waals surface area (Å²) >= 11 is 0. The highest BCUT2D eigenvalue weighted by atomic mass is 32.2. The van der Waals surface area contributed by atoms with Crippen molar-refractivity contribution in [2.24, 2.45) is 0 Å². The molecule has 1 aromatic heterocycles. The molecule has 0 amide bonds. The number of halogens is 1. The van der Waals surface area contributed by atoms with Crippen molar-refractivity contribution in [3.8, 4) is 17.5 Å². The smallest absolute Gasteiger partial charge is 0.264 e. The van der Waals surface area contributed by atoms with Crippen LogP contribution in [0.25, 0.3) is 16.6 Å². The van der Waals surface area contributed by atoms with Crippen molar-refractivity contribution in [1.82, 2.24) is 4.57 Å². The van der Waals surface area contributed by atoms with E-state index >= 15 is 0 Å². The molecule has 0 aliphatic carbocycles. The van der Waals surface area contributed by atoms with Gasteiger partial charge in [0, 0.05) is 29.3 Å². The predicted molar refractivity (Wildman–Crippen MR) is 100 cm³/mol. The summed E-state index contributed by atoms with van der Waals surface area (Å²) in [6.07, 6.45) is 4.09. The van der Waals surface area contributed by atoms with Crippen molar-refractivity contribution in [3.05, 3.63) is 66.1 Å². The van der Waals surface area contributed by atoms with Crippen LogP contribution in [0.1, 0.15) is 18.4 Å². The van der Waals surface area contributed by atoms with Crippen molar-refractivity contribution in [1.29, 1.82) is 0 Å². The molecule has 1 heterocycles. The average molecular weight is 371 g/mol. The highest BCUT2D eigenvalue weighted by molar-refractivity contribution is 7.85. The fourth-order valence-electron chi connectivity index (χ4n) is 2.58. The Morgan fingerprint density at radius 3 is 2.62 bits per heavy atom. The summed E-state index contributed by atoms with van der Waals surface area (Å²) in [6.45, 7) is 0.146. The van der Waals surface area contributed by atoms with E-state index < -0.39 is 10.1 Å². The lowest BCUT2D eigenvalue weighted by molar-refractivity contribution is 0.317. The molecule has 0 aliphatic heterocycles. The Bertz CT molecular complexity index is 1070. The van der Waals surface area contributed by atoms with Gasteiger partial charge < -0.3 is 4.57 Å². The Morgan fingerprint density at radius 1 is 1.12 bits per heavy atom. The van der Waals surface area contributed by atoms with E-state index in [1.807, 2.05) is 35.0 Å². The van der Waals surface area contributed by atoms with E-state index in [1.54, 1.807) is 12.1 Å². The van der Waals surface area contributed by atoms with Crippen molar-refractivity contribution >= 4 is 21.0 Å². The number of aromatic nitrogens is 1. The molecule has 0 N–H and O–H groups in total. The molecule has 0 atom stereocenters. The molecule has 26 heavy (non-hydrogen) atoms. The minimum Gasteiger partial charge on any atom is -0.317 e. The summed E-state index contributed by atoms with van der Waals surface area (Å²) in [5.41, 5.74) is 2.80. The fraction of sp³-hybridized carbons (Fsp3) is 0.200. The van der Waals surface area contributed by atoms with Gasteiger partial charge in [0.05, 0.1) is 18.4 Å². The van der Waals surface area contributed by atoms with E-state index in [0.717, 1.165) is 28.4 Å². The lowest BCUT2D eigenvalue weighted by Gasteiger charge is -2.05. The van der Waals surface area contributed by atoms with Crippen molar-refractivity contribution in [3.63, 3.8) is 0 Å². The molecular formula is C20H18FNO3S. The average Bonchev–Trinajstić information content (AvgIpc) is 3.01. The first kappa shape index (κ1) is 18.2.